The Kier molecular flexibility index (Phi) is 3.92. The molecule has 3 rings (SSSR count). The van der Waals surface area contributed by atoms with Crippen molar-refractivity contribution in [3.05, 3.63) is 36.0 Å². The summed E-state index contributed by atoms with van der Waals surface area (Å²) >= 11 is 0. The minimum atomic E-state index is -3.59. The minimum Gasteiger partial charge on any atom is -0.375 e. The van der Waals surface area contributed by atoms with Crippen LogP contribution >= 0.6 is 0 Å². The van der Waals surface area contributed by atoms with E-state index in [-0.39, 0.29) is 17.0 Å². The van der Waals surface area contributed by atoms with Gasteiger partial charge in [0.15, 0.2) is 0 Å². The van der Waals surface area contributed by atoms with Crippen LogP contribution in [0.5, 0.6) is 0 Å². The van der Waals surface area contributed by atoms with Crippen LogP contribution in [-0.4, -0.2) is 43.0 Å². The summed E-state index contributed by atoms with van der Waals surface area (Å²) in [5.41, 5.74) is 1.54. The Bertz CT molecular complexity index is 804. The molecule has 1 aliphatic rings. The average Bonchev–Trinajstić information content (AvgIpc) is 2.48. The van der Waals surface area contributed by atoms with E-state index in [0.29, 0.717) is 18.7 Å². The summed E-state index contributed by atoms with van der Waals surface area (Å²) in [5.74, 6) is 0. The van der Waals surface area contributed by atoms with E-state index in [1.807, 2.05) is 32.9 Å². The van der Waals surface area contributed by atoms with Crippen LogP contribution in [-0.2, 0) is 14.8 Å². The number of aromatic nitrogens is 1. The smallest absolute Gasteiger partial charge is 0.245 e. The number of sulfonamides is 1. The van der Waals surface area contributed by atoms with E-state index < -0.39 is 10.0 Å². The lowest BCUT2D eigenvalue weighted by Gasteiger charge is -2.35. The number of pyridine rings is 1. The molecular formula is C16H20N2O3S. The maximum absolute atomic E-state index is 13.1. The Hall–Kier alpha value is -1.50. The third kappa shape index (κ3) is 2.62. The molecule has 1 aromatic carbocycles. The zero-order valence-corrected chi connectivity index (χ0v) is 13.8. The molecule has 6 heteroatoms. The van der Waals surface area contributed by atoms with Crippen molar-refractivity contribution in [2.45, 2.75) is 37.8 Å². The van der Waals surface area contributed by atoms with Gasteiger partial charge in [-0.3, -0.25) is 4.98 Å². The van der Waals surface area contributed by atoms with Gasteiger partial charge in [-0.1, -0.05) is 12.1 Å². The second kappa shape index (κ2) is 5.61. The third-order valence-electron chi connectivity index (χ3n) is 3.95. The number of morpholine rings is 1. The highest BCUT2D eigenvalue weighted by Crippen LogP contribution is 2.27. The fourth-order valence-electron chi connectivity index (χ4n) is 2.79. The van der Waals surface area contributed by atoms with Crippen molar-refractivity contribution in [2.75, 3.05) is 13.2 Å². The van der Waals surface area contributed by atoms with Gasteiger partial charge in [0.2, 0.25) is 10.0 Å². The highest BCUT2D eigenvalue weighted by molar-refractivity contribution is 7.89. The summed E-state index contributed by atoms with van der Waals surface area (Å²) in [6, 6.07) is 7.06. The van der Waals surface area contributed by atoms with Gasteiger partial charge in [0, 0.05) is 24.2 Å². The van der Waals surface area contributed by atoms with E-state index in [1.54, 1.807) is 18.3 Å². The molecule has 0 radical (unpaired) electrons. The van der Waals surface area contributed by atoms with Gasteiger partial charge in [-0.05, 0) is 38.5 Å². The molecule has 5 nitrogen and oxygen atoms in total. The monoisotopic (exact) mass is 320 g/mol. The summed E-state index contributed by atoms with van der Waals surface area (Å²) in [4.78, 5) is 4.62. The Labute approximate surface area is 131 Å². The molecule has 1 saturated heterocycles. The fraction of sp³-hybridized carbons (Fsp3) is 0.438. The minimum absolute atomic E-state index is 0.101. The molecule has 2 atom stereocenters. The molecule has 0 bridgehead atoms. The highest BCUT2D eigenvalue weighted by Gasteiger charge is 2.35. The first-order valence-corrected chi connectivity index (χ1v) is 8.82. The van der Waals surface area contributed by atoms with Crippen LogP contribution in [0.25, 0.3) is 10.9 Å². The van der Waals surface area contributed by atoms with Crippen LogP contribution in [0, 0.1) is 6.92 Å². The normalized spacial score (nSPS) is 23.8. The number of hydrogen-bond donors (Lipinski definition) is 0. The second-order valence-electron chi connectivity index (χ2n) is 5.91. The zero-order valence-electron chi connectivity index (χ0n) is 13.0. The van der Waals surface area contributed by atoms with Crippen molar-refractivity contribution in [3.8, 4) is 0 Å². The van der Waals surface area contributed by atoms with Crippen LogP contribution in [0.2, 0.25) is 0 Å². The second-order valence-corrected chi connectivity index (χ2v) is 7.77. The first kappa shape index (κ1) is 15.4. The van der Waals surface area contributed by atoms with Crippen LogP contribution < -0.4 is 0 Å². The Morgan fingerprint density at radius 3 is 2.86 bits per heavy atom. The quantitative estimate of drug-likeness (QED) is 0.852. The molecule has 0 unspecified atom stereocenters. The van der Waals surface area contributed by atoms with E-state index in [9.17, 15) is 8.42 Å². The Balaban J connectivity index is 2.13. The van der Waals surface area contributed by atoms with Crippen molar-refractivity contribution in [1.82, 2.24) is 9.29 Å². The highest BCUT2D eigenvalue weighted by atomic mass is 32.2. The van der Waals surface area contributed by atoms with Crippen molar-refractivity contribution in [3.63, 3.8) is 0 Å². The zero-order chi connectivity index (χ0) is 15.9. The largest absolute Gasteiger partial charge is 0.375 e. The topological polar surface area (TPSA) is 59.5 Å². The van der Waals surface area contributed by atoms with E-state index >= 15 is 0 Å². The molecular weight excluding hydrogens is 300 g/mol. The molecule has 0 N–H and O–H groups in total. The number of ether oxygens (including phenoxy) is 1. The van der Waals surface area contributed by atoms with Gasteiger partial charge in [0.25, 0.3) is 0 Å². The molecule has 22 heavy (non-hydrogen) atoms. The molecule has 1 aromatic heterocycles. The van der Waals surface area contributed by atoms with E-state index in [1.165, 1.54) is 4.31 Å². The summed E-state index contributed by atoms with van der Waals surface area (Å²) in [6.45, 7) is 6.48. The van der Waals surface area contributed by atoms with E-state index in [4.69, 9.17) is 4.74 Å². The average molecular weight is 320 g/mol. The van der Waals surface area contributed by atoms with Gasteiger partial charge in [0.1, 0.15) is 4.90 Å². The number of aryl methyl sites for hydroxylation is 1. The van der Waals surface area contributed by atoms with Crippen LogP contribution in [0.1, 0.15) is 19.4 Å². The Morgan fingerprint density at radius 2 is 2.09 bits per heavy atom. The van der Waals surface area contributed by atoms with Crippen molar-refractivity contribution in [2.24, 2.45) is 0 Å². The van der Waals surface area contributed by atoms with Crippen LogP contribution in [0.4, 0.5) is 0 Å². The first-order chi connectivity index (χ1) is 10.4. The van der Waals surface area contributed by atoms with Crippen LogP contribution in [0.15, 0.2) is 35.4 Å². The maximum Gasteiger partial charge on any atom is 0.245 e. The van der Waals surface area contributed by atoms with Gasteiger partial charge >= 0.3 is 0 Å². The lowest BCUT2D eigenvalue weighted by Crippen LogP contribution is -2.50. The lowest BCUT2D eigenvalue weighted by atomic mass is 10.2. The first-order valence-electron chi connectivity index (χ1n) is 7.38. The lowest BCUT2D eigenvalue weighted by molar-refractivity contribution is -0.0170. The number of rotatable bonds is 2. The predicted molar refractivity (Wildman–Crippen MR) is 85.2 cm³/mol. The van der Waals surface area contributed by atoms with Gasteiger partial charge in [-0.2, -0.15) is 4.31 Å². The molecule has 0 saturated carbocycles. The molecule has 2 aromatic rings. The van der Waals surface area contributed by atoms with Crippen molar-refractivity contribution >= 4 is 20.9 Å². The standard InChI is InChI=1S/C16H20N2O3S/c1-11-7-14-5-4-6-15(16(14)17-8-11)22(19,20)18-9-13(3)21-10-12(18)2/h4-8,12-13H,9-10H2,1-3H3/t12-,13-/m0/s1. The molecule has 118 valence electrons. The molecule has 0 aliphatic carbocycles. The summed E-state index contributed by atoms with van der Waals surface area (Å²) in [6.07, 6.45) is 1.60. The number of fused-ring (bicyclic) bond motifs is 1. The number of hydrogen-bond acceptors (Lipinski definition) is 4. The van der Waals surface area contributed by atoms with Crippen molar-refractivity contribution in [1.29, 1.82) is 0 Å². The summed E-state index contributed by atoms with van der Waals surface area (Å²) < 4.78 is 33.2. The van der Waals surface area contributed by atoms with Gasteiger partial charge in [0.05, 0.1) is 18.2 Å². The molecule has 1 aliphatic heterocycles. The Morgan fingerprint density at radius 1 is 1.32 bits per heavy atom. The third-order valence-corrected chi connectivity index (χ3v) is 5.96. The number of para-hydroxylation sites is 1. The van der Waals surface area contributed by atoms with Crippen molar-refractivity contribution < 1.29 is 13.2 Å². The predicted octanol–water partition coefficient (Wildman–Crippen LogP) is 2.34. The van der Waals surface area contributed by atoms with Gasteiger partial charge < -0.3 is 4.74 Å². The molecule has 1 fully saturated rings. The fourth-order valence-corrected chi connectivity index (χ4v) is 4.64. The van der Waals surface area contributed by atoms with E-state index in [0.717, 1.165) is 10.9 Å². The summed E-state index contributed by atoms with van der Waals surface area (Å²) in [5, 5.41) is 0.843. The van der Waals surface area contributed by atoms with Gasteiger partial charge in [-0.15, -0.1) is 0 Å². The maximum atomic E-state index is 13.1. The summed E-state index contributed by atoms with van der Waals surface area (Å²) in [7, 11) is -3.59. The van der Waals surface area contributed by atoms with E-state index in [2.05, 4.69) is 4.98 Å². The molecule has 2 heterocycles. The van der Waals surface area contributed by atoms with Crippen LogP contribution in [0.3, 0.4) is 0 Å². The SMILES string of the molecule is Cc1cnc2c(S(=O)(=O)N3C[C@H](C)OC[C@@H]3C)cccc2c1. The van der Waals surface area contributed by atoms with Gasteiger partial charge in [-0.25, -0.2) is 8.42 Å². The molecule has 0 amide bonds. The molecule has 0 spiro atoms. The number of benzene rings is 1. The number of nitrogens with zero attached hydrogens (tertiary/aromatic N) is 2.